The van der Waals surface area contributed by atoms with E-state index in [0.717, 1.165) is 28.4 Å². The quantitative estimate of drug-likeness (QED) is 0.153. The Morgan fingerprint density at radius 2 is 1.89 bits per heavy atom. The van der Waals surface area contributed by atoms with E-state index in [0.29, 0.717) is 18.7 Å². The zero-order valence-corrected chi connectivity index (χ0v) is 22.2. The largest absolute Gasteiger partial charge is 0.506 e. The van der Waals surface area contributed by atoms with Crippen LogP contribution in [0.4, 0.5) is 5.69 Å². The number of phenols is 1. The van der Waals surface area contributed by atoms with Crippen LogP contribution in [0.15, 0.2) is 36.4 Å². The number of phenolic OH excluding ortho intramolecular Hbond substituents is 1. The molecule has 1 aliphatic carbocycles. The molecule has 0 radical (unpaired) electrons. The average Bonchev–Trinajstić information content (AvgIpc) is 2.99. The molecule has 11 heteroatoms. The molecule has 9 nitrogen and oxygen atoms in total. The number of aromatic amines is 1. The number of nitrogens with one attached hydrogen (secondary N) is 3. The number of aromatic hydroxyl groups is 1. The van der Waals surface area contributed by atoms with Gasteiger partial charge in [-0.1, -0.05) is 12.5 Å². The standard InChI is InChI=1S/C25H34N4O5S.ClH/c1-29(2)35(32,33)28-23-14-17(8-11-24(23)30)25(31)16-26-12-13-34-18-9-10-22-20(15-18)19-6-4-3-5-7-21(19)27-22;/h8-11,14-15,25-28,30-31H,3-7,12-13,16H2,1-2H3;1H. The summed E-state index contributed by atoms with van der Waals surface area (Å²) in [7, 11) is -1.01. The Hall–Kier alpha value is -2.50. The van der Waals surface area contributed by atoms with Gasteiger partial charge in [0.2, 0.25) is 0 Å². The van der Waals surface area contributed by atoms with Crippen molar-refractivity contribution in [3.63, 3.8) is 0 Å². The molecule has 0 fully saturated rings. The zero-order chi connectivity index (χ0) is 25.0. The van der Waals surface area contributed by atoms with Gasteiger partial charge in [-0.25, -0.2) is 0 Å². The molecule has 0 spiro atoms. The van der Waals surface area contributed by atoms with Crippen molar-refractivity contribution >= 4 is 39.2 Å². The number of anilines is 1. The normalized spacial score (nSPS) is 14.7. The third kappa shape index (κ3) is 6.63. The monoisotopic (exact) mass is 538 g/mol. The number of ether oxygens (including phenoxy) is 1. The van der Waals surface area contributed by atoms with Gasteiger partial charge >= 0.3 is 10.2 Å². The molecular weight excluding hydrogens is 504 g/mol. The SMILES string of the molecule is CN(C)S(=O)(=O)Nc1cc(C(O)CNCCOc2ccc3[nH]c4c(c3c2)CCCCC4)ccc1O.Cl. The van der Waals surface area contributed by atoms with Crippen LogP contribution in [0.2, 0.25) is 0 Å². The van der Waals surface area contributed by atoms with Crippen LogP contribution in [0, 0.1) is 0 Å². The molecule has 4 rings (SSSR count). The average molecular weight is 539 g/mol. The Kier molecular flexibility index (Phi) is 9.48. The van der Waals surface area contributed by atoms with E-state index in [1.807, 2.05) is 6.07 Å². The molecule has 0 saturated heterocycles. The lowest BCUT2D eigenvalue weighted by Gasteiger charge is -2.17. The van der Waals surface area contributed by atoms with Gasteiger partial charge in [-0.05, 0) is 67.1 Å². The minimum atomic E-state index is -3.78. The van der Waals surface area contributed by atoms with Gasteiger partial charge in [0.15, 0.2) is 0 Å². The number of fused-ring (bicyclic) bond motifs is 3. The van der Waals surface area contributed by atoms with E-state index < -0.39 is 16.3 Å². The minimum absolute atomic E-state index is 0. The summed E-state index contributed by atoms with van der Waals surface area (Å²) in [6.45, 7) is 1.21. The molecule has 36 heavy (non-hydrogen) atoms. The van der Waals surface area contributed by atoms with E-state index >= 15 is 0 Å². The summed E-state index contributed by atoms with van der Waals surface area (Å²) in [5, 5.41) is 24.9. The Morgan fingerprint density at radius 1 is 1.11 bits per heavy atom. The summed E-state index contributed by atoms with van der Waals surface area (Å²) in [6.07, 6.45) is 5.06. The highest BCUT2D eigenvalue weighted by Crippen LogP contribution is 2.31. The zero-order valence-electron chi connectivity index (χ0n) is 20.6. The number of H-pyrrole nitrogens is 1. The van der Waals surface area contributed by atoms with E-state index in [1.165, 1.54) is 62.1 Å². The lowest BCUT2D eigenvalue weighted by molar-refractivity contribution is 0.172. The summed E-state index contributed by atoms with van der Waals surface area (Å²) in [5.74, 6) is 0.603. The second-order valence-electron chi connectivity index (χ2n) is 9.08. The molecule has 0 amide bonds. The molecule has 0 bridgehead atoms. The number of aryl methyl sites for hydroxylation is 2. The van der Waals surface area contributed by atoms with Crippen molar-refractivity contribution in [1.29, 1.82) is 0 Å². The van der Waals surface area contributed by atoms with Crippen LogP contribution in [-0.4, -0.2) is 61.7 Å². The maximum absolute atomic E-state index is 12.1. The molecule has 1 aromatic heterocycles. The predicted molar refractivity (Wildman–Crippen MR) is 144 cm³/mol. The number of aliphatic hydroxyl groups excluding tert-OH is 1. The highest BCUT2D eigenvalue weighted by Gasteiger charge is 2.18. The van der Waals surface area contributed by atoms with Crippen LogP contribution in [-0.2, 0) is 23.1 Å². The minimum Gasteiger partial charge on any atom is -0.506 e. The lowest BCUT2D eigenvalue weighted by atomic mass is 10.1. The van der Waals surface area contributed by atoms with E-state index in [2.05, 4.69) is 27.2 Å². The summed E-state index contributed by atoms with van der Waals surface area (Å²) in [6, 6.07) is 10.5. The number of benzene rings is 2. The van der Waals surface area contributed by atoms with Gasteiger partial charge < -0.3 is 25.3 Å². The number of halogens is 1. The first-order chi connectivity index (χ1) is 16.7. The third-order valence-corrected chi connectivity index (χ3v) is 7.77. The topological polar surface area (TPSA) is 127 Å². The molecule has 1 atom stereocenters. The summed E-state index contributed by atoms with van der Waals surface area (Å²) in [5.41, 5.74) is 4.43. The fraction of sp³-hybridized carbons (Fsp3) is 0.440. The van der Waals surface area contributed by atoms with Crippen LogP contribution >= 0.6 is 12.4 Å². The maximum Gasteiger partial charge on any atom is 0.301 e. The first-order valence-corrected chi connectivity index (χ1v) is 13.4. The van der Waals surface area contributed by atoms with Gasteiger partial charge in [0.25, 0.3) is 0 Å². The summed E-state index contributed by atoms with van der Waals surface area (Å²) >= 11 is 0. The fourth-order valence-corrected chi connectivity index (χ4v) is 4.95. The van der Waals surface area contributed by atoms with E-state index in [9.17, 15) is 18.6 Å². The second-order valence-corrected chi connectivity index (χ2v) is 11.0. The van der Waals surface area contributed by atoms with Gasteiger partial charge in [-0.2, -0.15) is 12.7 Å². The number of aliphatic hydroxyl groups is 1. The van der Waals surface area contributed by atoms with E-state index in [-0.39, 0.29) is 30.4 Å². The Morgan fingerprint density at radius 3 is 2.67 bits per heavy atom. The van der Waals surface area contributed by atoms with Crippen molar-refractivity contribution in [3.05, 3.63) is 53.2 Å². The van der Waals surface area contributed by atoms with Crippen molar-refractivity contribution in [3.8, 4) is 11.5 Å². The van der Waals surface area contributed by atoms with Crippen molar-refractivity contribution in [2.24, 2.45) is 0 Å². The first-order valence-electron chi connectivity index (χ1n) is 11.9. The van der Waals surface area contributed by atoms with Crippen LogP contribution < -0.4 is 14.8 Å². The van der Waals surface area contributed by atoms with Crippen LogP contribution in [0.25, 0.3) is 10.9 Å². The molecule has 0 saturated carbocycles. The smallest absolute Gasteiger partial charge is 0.301 e. The van der Waals surface area contributed by atoms with Crippen molar-refractivity contribution < 1.29 is 23.4 Å². The molecule has 5 N–H and O–H groups in total. The van der Waals surface area contributed by atoms with Crippen LogP contribution in [0.5, 0.6) is 11.5 Å². The van der Waals surface area contributed by atoms with Gasteiger partial charge in [0, 0.05) is 43.8 Å². The third-order valence-electron chi connectivity index (χ3n) is 6.33. The number of aromatic nitrogens is 1. The first kappa shape index (κ1) is 28.1. The number of hydrogen-bond donors (Lipinski definition) is 5. The maximum atomic E-state index is 12.1. The van der Waals surface area contributed by atoms with Gasteiger partial charge in [-0.3, -0.25) is 4.72 Å². The van der Waals surface area contributed by atoms with Gasteiger partial charge in [-0.15, -0.1) is 12.4 Å². The molecule has 1 aliphatic rings. The Balaban J connectivity index is 0.00000361. The molecule has 198 valence electrons. The second kappa shape index (κ2) is 12.2. The highest BCUT2D eigenvalue weighted by atomic mass is 35.5. The molecule has 3 aromatic rings. The highest BCUT2D eigenvalue weighted by molar-refractivity contribution is 7.90. The van der Waals surface area contributed by atoms with E-state index in [1.54, 1.807) is 6.07 Å². The van der Waals surface area contributed by atoms with E-state index in [4.69, 9.17) is 4.74 Å². The van der Waals surface area contributed by atoms with Gasteiger partial charge in [0.1, 0.15) is 18.1 Å². The van der Waals surface area contributed by atoms with Crippen molar-refractivity contribution in [1.82, 2.24) is 14.6 Å². The number of nitrogens with zero attached hydrogens (tertiary/aromatic N) is 1. The molecular formula is C25H35ClN4O5S. The van der Waals surface area contributed by atoms with Crippen molar-refractivity contribution in [2.45, 2.75) is 38.2 Å². The Bertz CT molecular complexity index is 1280. The Labute approximate surface area is 218 Å². The summed E-state index contributed by atoms with van der Waals surface area (Å²) in [4.78, 5) is 3.56. The van der Waals surface area contributed by atoms with Crippen LogP contribution in [0.1, 0.15) is 42.2 Å². The molecule has 0 aliphatic heterocycles. The molecule has 2 aromatic carbocycles. The lowest BCUT2D eigenvalue weighted by Crippen LogP contribution is -2.29. The van der Waals surface area contributed by atoms with Crippen molar-refractivity contribution in [2.75, 3.05) is 38.5 Å². The van der Waals surface area contributed by atoms with Crippen LogP contribution in [0.3, 0.4) is 0 Å². The predicted octanol–water partition coefficient (Wildman–Crippen LogP) is 3.48. The number of rotatable bonds is 10. The summed E-state index contributed by atoms with van der Waals surface area (Å²) < 4.78 is 33.3. The fourth-order valence-electron chi connectivity index (χ4n) is 4.32. The van der Waals surface area contributed by atoms with Gasteiger partial charge in [0.05, 0.1) is 11.8 Å². The molecule has 1 unspecified atom stereocenters. The molecule has 1 heterocycles. The number of hydrogen-bond acceptors (Lipinski definition) is 6.